The Hall–Kier alpha value is -0.653. The van der Waals surface area contributed by atoms with E-state index >= 15 is 0 Å². The molecule has 5 heteroatoms. The number of ether oxygens (including phenoxy) is 2. The van der Waals surface area contributed by atoms with Crippen LogP contribution in [-0.4, -0.2) is 34.3 Å². The highest BCUT2D eigenvalue weighted by atomic mass is 28.4. The predicted octanol–water partition coefficient (Wildman–Crippen LogP) is 3.10. The molecule has 0 N–H and O–H groups in total. The van der Waals surface area contributed by atoms with Crippen LogP contribution in [0.15, 0.2) is 12.7 Å². The summed E-state index contributed by atoms with van der Waals surface area (Å²) in [6, 6.07) is 1.06. The molecule has 0 saturated heterocycles. The first kappa shape index (κ1) is 17.3. The molecular formula is C13H26O4Si. The molecule has 0 aromatic carbocycles. The highest BCUT2D eigenvalue weighted by Crippen LogP contribution is 2.14. The third-order valence-electron chi connectivity index (χ3n) is 2.51. The molecule has 0 aliphatic rings. The van der Waals surface area contributed by atoms with Crippen LogP contribution in [0.2, 0.25) is 19.1 Å². The maximum absolute atomic E-state index is 10.7. The lowest BCUT2D eigenvalue weighted by atomic mass is 10.4. The van der Waals surface area contributed by atoms with E-state index in [0.29, 0.717) is 6.61 Å². The minimum atomic E-state index is -1.53. The molecule has 4 nitrogen and oxygen atoms in total. The van der Waals surface area contributed by atoms with Crippen molar-refractivity contribution in [3.8, 4) is 0 Å². The summed E-state index contributed by atoms with van der Waals surface area (Å²) in [6.45, 7) is 11.4. The summed E-state index contributed by atoms with van der Waals surface area (Å²) in [5, 5.41) is 0. The summed E-state index contributed by atoms with van der Waals surface area (Å²) in [4.78, 5) is 10.7. The fraction of sp³-hybridized carbons (Fsp3) is 0.769. The highest BCUT2D eigenvalue weighted by Gasteiger charge is 2.21. The van der Waals surface area contributed by atoms with Crippen molar-refractivity contribution in [1.82, 2.24) is 0 Å². The van der Waals surface area contributed by atoms with E-state index in [2.05, 4.69) is 26.6 Å². The second-order valence-corrected chi connectivity index (χ2v) is 9.07. The topological polar surface area (TPSA) is 44.8 Å². The number of hydrogen-bond donors (Lipinski definition) is 0. The van der Waals surface area contributed by atoms with Gasteiger partial charge in [-0.1, -0.05) is 19.9 Å². The Morgan fingerprint density at radius 3 is 2.61 bits per heavy atom. The van der Waals surface area contributed by atoms with E-state index in [1.165, 1.54) is 6.42 Å². The van der Waals surface area contributed by atoms with Crippen molar-refractivity contribution in [3.05, 3.63) is 12.7 Å². The van der Waals surface area contributed by atoms with Crippen LogP contribution >= 0.6 is 0 Å². The van der Waals surface area contributed by atoms with Gasteiger partial charge in [0.25, 0.3) is 0 Å². The van der Waals surface area contributed by atoms with Crippen LogP contribution in [0, 0.1) is 0 Å². The zero-order chi connectivity index (χ0) is 13.9. The molecule has 0 amide bonds. The SMILES string of the molecule is C=CC(=O)OCOCCC[Si](C)(C)OCCCC. The van der Waals surface area contributed by atoms with Gasteiger partial charge in [0.1, 0.15) is 0 Å². The van der Waals surface area contributed by atoms with Crippen molar-refractivity contribution in [1.29, 1.82) is 0 Å². The Bertz CT molecular complexity index is 241. The summed E-state index contributed by atoms with van der Waals surface area (Å²) in [5.41, 5.74) is 0. The molecule has 0 spiro atoms. The zero-order valence-corrected chi connectivity index (χ0v) is 12.9. The molecular weight excluding hydrogens is 248 g/mol. The maximum Gasteiger partial charge on any atom is 0.332 e. The van der Waals surface area contributed by atoms with Gasteiger partial charge in [0.2, 0.25) is 0 Å². The van der Waals surface area contributed by atoms with Gasteiger partial charge in [-0.25, -0.2) is 4.79 Å². The van der Waals surface area contributed by atoms with Gasteiger partial charge >= 0.3 is 5.97 Å². The molecule has 0 rings (SSSR count). The van der Waals surface area contributed by atoms with E-state index in [9.17, 15) is 4.79 Å². The normalized spacial score (nSPS) is 11.3. The second kappa shape index (κ2) is 10.3. The Morgan fingerprint density at radius 2 is 2.00 bits per heavy atom. The molecule has 106 valence electrons. The fourth-order valence-corrected chi connectivity index (χ4v) is 3.22. The van der Waals surface area contributed by atoms with Crippen molar-refractivity contribution in [2.75, 3.05) is 20.0 Å². The van der Waals surface area contributed by atoms with Crippen molar-refractivity contribution >= 4 is 14.3 Å². The molecule has 0 bridgehead atoms. The van der Waals surface area contributed by atoms with Crippen LogP contribution in [0.4, 0.5) is 0 Å². The summed E-state index contributed by atoms with van der Waals surface area (Å²) in [5.74, 6) is -0.451. The Kier molecular flexibility index (Phi) is 9.91. The number of hydrogen-bond acceptors (Lipinski definition) is 4. The standard InChI is InChI=1S/C13H26O4Si/c1-5-7-10-17-18(3,4)11-8-9-15-12-16-13(14)6-2/h6H,2,5,7-12H2,1,3-4H3. The third kappa shape index (κ3) is 10.5. The summed E-state index contributed by atoms with van der Waals surface area (Å²) < 4.78 is 15.8. The Labute approximate surface area is 111 Å². The largest absolute Gasteiger partial charge is 0.435 e. The molecule has 0 fully saturated rings. The summed E-state index contributed by atoms with van der Waals surface area (Å²) >= 11 is 0. The predicted molar refractivity (Wildman–Crippen MR) is 74.9 cm³/mol. The number of carbonyl (C=O) groups excluding carboxylic acids is 1. The quantitative estimate of drug-likeness (QED) is 0.191. The Balaban J connectivity index is 3.46. The maximum atomic E-state index is 10.7. The minimum absolute atomic E-state index is 0.00350. The fourth-order valence-electron chi connectivity index (χ4n) is 1.38. The van der Waals surface area contributed by atoms with Crippen LogP contribution in [0.3, 0.4) is 0 Å². The Morgan fingerprint density at radius 1 is 1.28 bits per heavy atom. The summed E-state index contributed by atoms with van der Waals surface area (Å²) in [6.07, 6.45) is 4.37. The lowest BCUT2D eigenvalue weighted by molar-refractivity contribution is -0.150. The molecule has 0 atom stereocenters. The van der Waals surface area contributed by atoms with E-state index in [0.717, 1.165) is 31.6 Å². The average molecular weight is 274 g/mol. The minimum Gasteiger partial charge on any atom is -0.435 e. The van der Waals surface area contributed by atoms with Gasteiger partial charge in [0.15, 0.2) is 15.1 Å². The number of esters is 1. The van der Waals surface area contributed by atoms with Crippen LogP contribution in [0.5, 0.6) is 0 Å². The number of carbonyl (C=O) groups is 1. The van der Waals surface area contributed by atoms with Gasteiger partial charge in [-0.15, -0.1) is 0 Å². The molecule has 18 heavy (non-hydrogen) atoms. The zero-order valence-electron chi connectivity index (χ0n) is 11.9. The van der Waals surface area contributed by atoms with Crippen molar-refractivity contribution < 1.29 is 18.7 Å². The van der Waals surface area contributed by atoms with Crippen LogP contribution < -0.4 is 0 Å². The second-order valence-electron chi connectivity index (χ2n) is 4.76. The summed E-state index contributed by atoms with van der Waals surface area (Å²) in [7, 11) is -1.53. The van der Waals surface area contributed by atoms with Gasteiger partial charge in [-0.05, 0) is 32.0 Å². The van der Waals surface area contributed by atoms with Crippen molar-refractivity contribution in [2.45, 2.75) is 45.3 Å². The third-order valence-corrected chi connectivity index (χ3v) is 5.05. The van der Waals surface area contributed by atoms with Crippen LogP contribution in [0.25, 0.3) is 0 Å². The molecule has 0 aromatic heterocycles. The van der Waals surface area contributed by atoms with E-state index in [1.807, 2.05) is 0 Å². The van der Waals surface area contributed by atoms with Gasteiger partial charge in [0, 0.05) is 12.7 Å². The van der Waals surface area contributed by atoms with Gasteiger partial charge in [-0.2, -0.15) is 0 Å². The van der Waals surface area contributed by atoms with Gasteiger partial charge in [0.05, 0.1) is 6.61 Å². The molecule has 0 aromatic rings. The van der Waals surface area contributed by atoms with Crippen molar-refractivity contribution in [2.24, 2.45) is 0 Å². The van der Waals surface area contributed by atoms with E-state index in [1.54, 1.807) is 0 Å². The molecule has 0 radical (unpaired) electrons. The first-order valence-corrected chi connectivity index (χ1v) is 9.64. The van der Waals surface area contributed by atoms with E-state index in [4.69, 9.17) is 13.9 Å². The molecule has 0 aliphatic heterocycles. The molecule has 0 aliphatic carbocycles. The van der Waals surface area contributed by atoms with Gasteiger partial charge in [-0.3, -0.25) is 0 Å². The molecule has 0 saturated carbocycles. The molecule has 0 unspecified atom stereocenters. The monoisotopic (exact) mass is 274 g/mol. The lowest BCUT2D eigenvalue weighted by Crippen LogP contribution is -2.31. The average Bonchev–Trinajstić information content (AvgIpc) is 2.33. The lowest BCUT2D eigenvalue weighted by Gasteiger charge is -2.22. The van der Waals surface area contributed by atoms with Crippen molar-refractivity contribution in [3.63, 3.8) is 0 Å². The van der Waals surface area contributed by atoms with E-state index < -0.39 is 14.3 Å². The smallest absolute Gasteiger partial charge is 0.332 e. The first-order valence-electron chi connectivity index (χ1n) is 6.52. The van der Waals surface area contributed by atoms with Gasteiger partial charge < -0.3 is 13.9 Å². The van der Waals surface area contributed by atoms with E-state index in [-0.39, 0.29) is 6.79 Å². The first-order chi connectivity index (χ1) is 8.52. The van der Waals surface area contributed by atoms with Crippen LogP contribution in [0.1, 0.15) is 26.2 Å². The molecule has 0 heterocycles. The highest BCUT2D eigenvalue weighted by molar-refractivity contribution is 6.71. The number of rotatable bonds is 11. The number of unbranched alkanes of at least 4 members (excludes halogenated alkanes) is 1. The van der Waals surface area contributed by atoms with Crippen LogP contribution in [-0.2, 0) is 18.7 Å².